The minimum absolute atomic E-state index is 0. The molecule has 0 atom stereocenters. The van der Waals surface area contributed by atoms with Crippen LogP contribution in [0.25, 0.3) is 0 Å². The molecule has 0 radical (unpaired) electrons. The quantitative estimate of drug-likeness (QED) is 0.255. The Morgan fingerprint density at radius 3 is 2.00 bits per heavy atom. The van der Waals surface area contributed by atoms with Crippen LogP contribution in [0, 0.1) is 0 Å². The Morgan fingerprint density at radius 1 is 0.852 bits per heavy atom. The minimum atomic E-state index is -4.16. The number of benzene rings is 1. The first-order valence-electron chi connectivity index (χ1n) is 10.1. The largest absolute Gasteiger partial charge is 1.00 e. The maximum absolute atomic E-state index is 10.6. The zero-order chi connectivity index (χ0) is 19.3. The van der Waals surface area contributed by atoms with Crippen molar-refractivity contribution in [3.05, 3.63) is 29.3 Å². The summed E-state index contributed by atoms with van der Waals surface area (Å²) in [6.45, 7) is 4.70. The van der Waals surface area contributed by atoms with E-state index in [1.54, 1.807) is 0 Å². The minimum Gasteiger partial charge on any atom is -0.748 e. The van der Waals surface area contributed by atoms with Gasteiger partial charge in [0.2, 0.25) is 0 Å². The fourth-order valence-corrected chi connectivity index (χ4v) is 3.55. The van der Waals surface area contributed by atoms with Crippen LogP contribution in [0.4, 0.5) is 0 Å². The molecule has 0 saturated heterocycles. The second kappa shape index (κ2) is 15.8. The summed E-state index contributed by atoms with van der Waals surface area (Å²) in [6.07, 6.45) is 12.4. The van der Waals surface area contributed by atoms with Gasteiger partial charge in [-0.15, -0.1) is 0 Å². The summed E-state index contributed by atoms with van der Waals surface area (Å²) < 4.78 is 37.6. The van der Waals surface area contributed by atoms with Crippen LogP contribution >= 0.6 is 0 Å². The van der Waals surface area contributed by atoms with Crippen LogP contribution in [0.5, 0.6) is 5.75 Å². The normalized spacial score (nSPS) is 11.2. The van der Waals surface area contributed by atoms with Gasteiger partial charge in [-0.2, -0.15) is 0 Å². The summed E-state index contributed by atoms with van der Waals surface area (Å²) in [4.78, 5) is 0. The summed E-state index contributed by atoms with van der Waals surface area (Å²) in [5.74, 6) is 0.405. The molecular weight excluding hydrogens is 371 g/mol. The van der Waals surface area contributed by atoms with Gasteiger partial charge in [-0.3, -0.25) is 0 Å². The molecule has 0 spiro atoms. The topological polar surface area (TPSA) is 66.4 Å². The molecule has 0 aliphatic rings. The number of aryl methyl sites for hydroxylation is 2. The first-order chi connectivity index (χ1) is 12.5. The van der Waals surface area contributed by atoms with Gasteiger partial charge < -0.3 is 9.29 Å². The van der Waals surface area contributed by atoms with Gasteiger partial charge in [0.05, 0.1) is 16.7 Å². The molecule has 150 valence electrons. The van der Waals surface area contributed by atoms with E-state index < -0.39 is 10.1 Å². The molecule has 0 aromatic heterocycles. The molecule has 0 saturated carbocycles. The van der Waals surface area contributed by atoms with E-state index in [2.05, 4.69) is 26.0 Å². The Kier molecular flexibility index (Phi) is 15.8. The zero-order valence-corrected chi connectivity index (χ0v) is 20.3. The van der Waals surface area contributed by atoms with E-state index in [4.69, 9.17) is 4.74 Å². The maximum atomic E-state index is 10.6. The Hall–Kier alpha value is -0.0700. The Morgan fingerprint density at radius 2 is 1.44 bits per heavy atom. The van der Waals surface area contributed by atoms with Crippen molar-refractivity contribution in [2.45, 2.75) is 84.5 Å². The molecule has 0 unspecified atom stereocenters. The van der Waals surface area contributed by atoms with Crippen molar-refractivity contribution >= 4 is 10.1 Å². The summed E-state index contributed by atoms with van der Waals surface area (Å²) in [7, 11) is -4.16. The molecule has 0 fully saturated rings. The van der Waals surface area contributed by atoms with Crippen molar-refractivity contribution in [1.29, 1.82) is 0 Å². The van der Waals surface area contributed by atoms with Gasteiger partial charge in [-0.25, -0.2) is 8.42 Å². The van der Waals surface area contributed by atoms with E-state index in [1.165, 1.54) is 62.5 Å². The molecule has 6 heteroatoms. The molecule has 1 aromatic rings. The van der Waals surface area contributed by atoms with Gasteiger partial charge in [0.15, 0.2) is 0 Å². The monoisotopic (exact) mass is 406 g/mol. The molecule has 1 rings (SSSR count). The molecule has 0 bridgehead atoms. The summed E-state index contributed by atoms with van der Waals surface area (Å²) in [5, 5.41) is 0. The average molecular weight is 407 g/mol. The van der Waals surface area contributed by atoms with Crippen molar-refractivity contribution in [1.82, 2.24) is 0 Å². The predicted molar refractivity (Wildman–Crippen MR) is 107 cm³/mol. The molecule has 0 heterocycles. The number of hydrogen-bond donors (Lipinski definition) is 0. The van der Waals surface area contributed by atoms with Crippen LogP contribution in [-0.4, -0.2) is 25.3 Å². The number of rotatable bonds is 15. The smallest absolute Gasteiger partial charge is 0.748 e. The van der Waals surface area contributed by atoms with E-state index in [1.807, 2.05) is 6.07 Å². The summed E-state index contributed by atoms with van der Waals surface area (Å²) >= 11 is 0. The Bertz CT molecular complexity index is 602. The number of hydrogen-bond acceptors (Lipinski definition) is 4. The second-order valence-corrected chi connectivity index (χ2v) is 8.54. The molecule has 27 heavy (non-hydrogen) atoms. The van der Waals surface area contributed by atoms with Crippen LogP contribution in [0.2, 0.25) is 0 Å². The van der Waals surface area contributed by atoms with E-state index in [-0.39, 0.29) is 48.3 Å². The van der Waals surface area contributed by atoms with Crippen LogP contribution < -0.4 is 34.3 Å². The van der Waals surface area contributed by atoms with Gasteiger partial charge in [0.1, 0.15) is 5.75 Å². The van der Waals surface area contributed by atoms with Crippen molar-refractivity contribution in [3.8, 4) is 5.75 Å². The van der Waals surface area contributed by atoms with Crippen LogP contribution in [0.15, 0.2) is 18.2 Å². The SMILES string of the molecule is CCCCCCc1ccc(OCCCS(=O)(=O)[O-])cc1CCCCCC.[Na+]. The van der Waals surface area contributed by atoms with Gasteiger partial charge in [0.25, 0.3) is 0 Å². The molecular formula is C21H35NaO4S. The molecule has 1 aromatic carbocycles. The third-order valence-corrected chi connectivity index (χ3v) is 5.37. The predicted octanol–water partition coefficient (Wildman–Crippen LogP) is 2.25. The van der Waals surface area contributed by atoms with E-state index in [0.29, 0.717) is 0 Å². The van der Waals surface area contributed by atoms with Crippen LogP contribution in [0.1, 0.15) is 82.8 Å². The van der Waals surface area contributed by atoms with E-state index >= 15 is 0 Å². The maximum Gasteiger partial charge on any atom is 1.00 e. The number of ether oxygens (including phenoxy) is 1. The zero-order valence-electron chi connectivity index (χ0n) is 17.5. The molecule has 0 amide bonds. The Labute approximate surface area is 188 Å². The van der Waals surface area contributed by atoms with Crippen molar-refractivity contribution < 1.29 is 47.3 Å². The first-order valence-corrected chi connectivity index (χ1v) is 11.7. The van der Waals surface area contributed by atoms with E-state index in [0.717, 1.165) is 18.6 Å². The third-order valence-electron chi connectivity index (χ3n) is 4.58. The number of unbranched alkanes of at least 4 members (excludes halogenated alkanes) is 6. The van der Waals surface area contributed by atoms with Crippen molar-refractivity contribution in [2.75, 3.05) is 12.4 Å². The van der Waals surface area contributed by atoms with Crippen LogP contribution in [0.3, 0.4) is 0 Å². The molecule has 0 aliphatic heterocycles. The van der Waals surface area contributed by atoms with Crippen molar-refractivity contribution in [2.24, 2.45) is 0 Å². The van der Waals surface area contributed by atoms with Crippen molar-refractivity contribution in [3.63, 3.8) is 0 Å². The fraction of sp³-hybridized carbons (Fsp3) is 0.714. The standard InChI is InChI=1S/C21H36O4S.Na/c1-3-5-7-9-12-19-14-15-21(25-16-11-17-26(22,23)24)18-20(19)13-10-8-6-4-2;/h14-15,18H,3-13,16-17H2,1-2H3,(H,22,23,24);/q;+1/p-1. The summed E-state index contributed by atoms with van der Waals surface area (Å²) in [5.41, 5.74) is 2.76. The van der Waals surface area contributed by atoms with Gasteiger partial charge in [-0.1, -0.05) is 58.4 Å². The van der Waals surface area contributed by atoms with Crippen LogP contribution in [-0.2, 0) is 23.0 Å². The molecule has 0 N–H and O–H groups in total. The first kappa shape index (κ1) is 26.9. The average Bonchev–Trinajstić information content (AvgIpc) is 2.60. The molecule has 4 nitrogen and oxygen atoms in total. The van der Waals surface area contributed by atoms with Gasteiger partial charge >= 0.3 is 29.6 Å². The van der Waals surface area contributed by atoms with Gasteiger partial charge in [-0.05, 0) is 55.4 Å². The fourth-order valence-electron chi connectivity index (χ4n) is 3.08. The van der Waals surface area contributed by atoms with Gasteiger partial charge in [0, 0.05) is 5.75 Å². The summed E-state index contributed by atoms with van der Waals surface area (Å²) in [6, 6.07) is 6.23. The third kappa shape index (κ3) is 13.7. The second-order valence-electron chi connectivity index (χ2n) is 7.02. The van der Waals surface area contributed by atoms with E-state index in [9.17, 15) is 13.0 Å². The Balaban J connectivity index is 0.00000676. The molecule has 0 aliphatic carbocycles.